The first-order chi connectivity index (χ1) is 12.1. The van der Waals surface area contributed by atoms with Gasteiger partial charge in [0, 0.05) is 51.4 Å². The van der Waals surface area contributed by atoms with Gasteiger partial charge in [-0.25, -0.2) is 0 Å². The van der Waals surface area contributed by atoms with Gasteiger partial charge in [-0.15, -0.1) is 0 Å². The molecule has 1 aliphatic rings. The maximum Gasteiger partial charge on any atom is 0.269 e. The summed E-state index contributed by atoms with van der Waals surface area (Å²) in [5, 5.41) is 21.1. The molecule has 1 fully saturated rings. The maximum atomic E-state index is 10.7. The number of aliphatic hydroxyl groups excluding tert-OH is 1. The number of nitro benzene ring substituents is 1. The Morgan fingerprint density at radius 1 is 0.960 bits per heavy atom. The van der Waals surface area contributed by atoms with Crippen LogP contribution in [-0.4, -0.2) is 52.6 Å². The fourth-order valence-electron chi connectivity index (χ4n) is 3.14. The Bertz CT molecular complexity index is 683. The molecule has 1 aliphatic heterocycles. The molecule has 1 atom stereocenters. The van der Waals surface area contributed by atoms with Gasteiger partial charge in [0.15, 0.2) is 0 Å². The van der Waals surface area contributed by atoms with Crippen molar-refractivity contribution < 1.29 is 10.0 Å². The average molecular weight is 341 g/mol. The Kier molecular flexibility index (Phi) is 5.75. The van der Waals surface area contributed by atoms with Crippen LogP contribution in [0.15, 0.2) is 54.6 Å². The second kappa shape index (κ2) is 8.20. The monoisotopic (exact) mass is 341 g/mol. The highest BCUT2D eigenvalue weighted by Crippen LogP contribution is 2.19. The highest BCUT2D eigenvalue weighted by Gasteiger charge is 2.20. The number of nitrogens with zero attached hydrogens (tertiary/aromatic N) is 3. The summed E-state index contributed by atoms with van der Waals surface area (Å²) in [6.07, 6.45) is -0.624. The van der Waals surface area contributed by atoms with E-state index in [9.17, 15) is 15.2 Å². The van der Waals surface area contributed by atoms with Crippen LogP contribution in [0.1, 0.15) is 17.2 Å². The predicted octanol–water partition coefficient (Wildman–Crippen LogP) is 2.45. The summed E-state index contributed by atoms with van der Waals surface area (Å²) in [6, 6.07) is 16.6. The second-order valence-electron chi connectivity index (χ2n) is 6.43. The topological polar surface area (TPSA) is 69.8 Å². The quantitative estimate of drug-likeness (QED) is 0.645. The molecule has 1 saturated heterocycles. The molecule has 6 heteroatoms. The molecule has 0 amide bonds. The normalized spacial score (nSPS) is 17.3. The molecule has 6 nitrogen and oxygen atoms in total. The lowest BCUT2D eigenvalue weighted by Gasteiger charge is -2.35. The van der Waals surface area contributed by atoms with Crippen LogP contribution in [0.4, 0.5) is 5.69 Å². The Morgan fingerprint density at radius 3 is 2.16 bits per heavy atom. The predicted molar refractivity (Wildman–Crippen MR) is 96.2 cm³/mol. The zero-order valence-corrected chi connectivity index (χ0v) is 14.1. The number of nitro groups is 1. The van der Waals surface area contributed by atoms with E-state index in [1.165, 1.54) is 17.7 Å². The van der Waals surface area contributed by atoms with E-state index in [-0.39, 0.29) is 5.69 Å². The summed E-state index contributed by atoms with van der Waals surface area (Å²) >= 11 is 0. The Hall–Kier alpha value is -2.28. The smallest absolute Gasteiger partial charge is 0.269 e. The van der Waals surface area contributed by atoms with Crippen LogP contribution in [0, 0.1) is 10.1 Å². The van der Waals surface area contributed by atoms with Crippen LogP contribution in [0.25, 0.3) is 0 Å². The number of hydrogen-bond donors (Lipinski definition) is 1. The van der Waals surface area contributed by atoms with Gasteiger partial charge in [-0.2, -0.15) is 0 Å². The zero-order chi connectivity index (χ0) is 17.6. The number of β-amino-alcohol motifs (C(OH)–C–C–N with tert-alkyl or cyclic N) is 1. The van der Waals surface area contributed by atoms with E-state index in [4.69, 9.17) is 0 Å². The van der Waals surface area contributed by atoms with Crippen molar-refractivity contribution in [2.24, 2.45) is 0 Å². The lowest BCUT2D eigenvalue weighted by molar-refractivity contribution is -0.384. The molecule has 0 spiro atoms. The average Bonchev–Trinajstić information content (AvgIpc) is 2.64. The summed E-state index contributed by atoms with van der Waals surface area (Å²) in [5.41, 5.74) is 2.09. The van der Waals surface area contributed by atoms with Gasteiger partial charge in [0.1, 0.15) is 0 Å². The Labute approximate surface area is 147 Å². The van der Waals surface area contributed by atoms with E-state index in [1.807, 2.05) is 6.07 Å². The van der Waals surface area contributed by atoms with Crippen molar-refractivity contribution in [2.45, 2.75) is 12.6 Å². The Balaban J connectivity index is 1.47. The van der Waals surface area contributed by atoms with E-state index >= 15 is 0 Å². The van der Waals surface area contributed by atoms with Crippen molar-refractivity contribution in [2.75, 3.05) is 32.7 Å². The van der Waals surface area contributed by atoms with Crippen LogP contribution in [0.2, 0.25) is 0 Å². The minimum Gasteiger partial charge on any atom is -0.387 e. The molecule has 25 heavy (non-hydrogen) atoms. The Morgan fingerprint density at radius 2 is 1.56 bits per heavy atom. The van der Waals surface area contributed by atoms with Crippen molar-refractivity contribution in [3.8, 4) is 0 Å². The second-order valence-corrected chi connectivity index (χ2v) is 6.43. The molecule has 3 rings (SSSR count). The molecule has 0 aromatic heterocycles. The van der Waals surface area contributed by atoms with Crippen LogP contribution in [0.3, 0.4) is 0 Å². The van der Waals surface area contributed by atoms with Crippen molar-refractivity contribution >= 4 is 5.69 Å². The third kappa shape index (κ3) is 4.85. The number of hydrogen-bond acceptors (Lipinski definition) is 5. The summed E-state index contributed by atoms with van der Waals surface area (Å²) in [7, 11) is 0. The molecule has 0 unspecified atom stereocenters. The molecule has 2 aromatic carbocycles. The molecule has 2 aromatic rings. The fourth-order valence-corrected chi connectivity index (χ4v) is 3.14. The van der Waals surface area contributed by atoms with Gasteiger partial charge in [-0.1, -0.05) is 30.3 Å². The lowest BCUT2D eigenvalue weighted by atomic mass is 10.1. The van der Waals surface area contributed by atoms with Crippen LogP contribution in [-0.2, 0) is 6.54 Å². The van der Waals surface area contributed by atoms with Crippen molar-refractivity contribution in [3.63, 3.8) is 0 Å². The number of aliphatic hydroxyl groups is 1. The van der Waals surface area contributed by atoms with Gasteiger partial charge >= 0.3 is 0 Å². The summed E-state index contributed by atoms with van der Waals surface area (Å²) in [4.78, 5) is 14.9. The molecule has 0 radical (unpaired) electrons. The van der Waals surface area contributed by atoms with E-state index in [0.29, 0.717) is 6.54 Å². The first-order valence-corrected chi connectivity index (χ1v) is 8.53. The number of benzene rings is 2. The number of piperazine rings is 1. The van der Waals surface area contributed by atoms with Gasteiger partial charge in [0.25, 0.3) is 5.69 Å². The maximum absolute atomic E-state index is 10.7. The van der Waals surface area contributed by atoms with Gasteiger partial charge in [0.05, 0.1) is 11.0 Å². The zero-order valence-electron chi connectivity index (χ0n) is 14.1. The number of rotatable bonds is 6. The first-order valence-electron chi connectivity index (χ1n) is 8.53. The van der Waals surface area contributed by atoms with E-state index < -0.39 is 11.0 Å². The fraction of sp³-hybridized carbons (Fsp3) is 0.368. The molecule has 0 saturated carbocycles. The SMILES string of the molecule is O=[N+]([O-])c1ccc([C@H](O)CN2CCN(Cc3ccccc3)CC2)cc1. The summed E-state index contributed by atoms with van der Waals surface area (Å²) < 4.78 is 0. The van der Waals surface area contributed by atoms with Crippen LogP contribution in [0.5, 0.6) is 0 Å². The van der Waals surface area contributed by atoms with Crippen LogP contribution >= 0.6 is 0 Å². The molecular weight excluding hydrogens is 318 g/mol. The molecule has 1 heterocycles. The van der Waals surface area contributed by atoms with Crippen molar-refractivity contribution in [1.29, 1.82) is 0 Å². The molecular formula is C19H23N3O3. The van der Waals surface area contributed by atoms with Gasteiger partial charge in [-0.05, 0) is 23.3 Å². The number of non-ortho nitro benzene ring substituents is 1. The first kappa shape index (κ1) is 17.5. The molecule has 0 bridgehead atoms. The molecule has 1 N–H and O–H groups in total. The highest BCUT2D eigenvalue weighted by molar-refractivity contribution is 5.33. The van der Waals surface area contributed by atoms with Gasteiger partial charge in [0.2, 0.25) is 0 Å². The lowest BCUT2D eigenvalue weighted by Crippen LogP contribution is -2.47. The summed E-state index contributed by atoms with van der Waals surface area (Å²) in [6.45, 7) is 5.29. The standard InChI is InChI=1S/C19H23N3O3/c23-19(17-6-8-18(9-7-17)22(24)25)15-21-12-10-20(11-13-21)14-16-4-2-1-3-5-16/h1-9,19,23H,10-15H2/t19-/m1/s1. The summed E-state index contributed by atoms with van der Waals surface area (Å²) in [5.74, 6) is 0. The van der Waals surface area contributed by atoms with Crippen LogP contribution < -0.4 is 0 Å². The minimum absolute atomic E-state index is 0.0467. The van der Waals surface area contributed by atoms with Gasteiger partial charge in [-0.3, -0.25) is 19.9 Å². The minimum atomic E-state index is -0.624. The third-order valence-electron chi connectivity index (χ3n) is 4.63. The van der Waals surface area contributed by atoms with E-state index in [2.05, 4.69) is 34.1 Å². The van der Waals surface area contributed by atoms with E-state index in [0.717, 1.165) is 38.3 Å². The largest absolute Gasteiger partial charge is 0.387 e. The highest BCUT2D eigenvalue weighted by atomic mass is 16.6. The molecule has 0 aliphatic carbocycles. The van der Waals surface area contributed by atoms with Crippen molar-refractivity contribution in [1.82, 2.24) is 9.80 Å². The third-order valence-corrected chi connectivity index (χ3v) is 4.63. The van der Waals surface area contributed by atoms with Gasteiger partial charge < -0.3 is 5.11 Å². The molecule has 132 valence electrons. The van der Waals surface area contributed by atoms with Crippen molar-refractivity contribution in [3.05, 3.63) is 75.8 Å². The van der Waals surface area contributed by atoms with E-state index in [1.54, 1.807) is 12.1 Å².